The van der Waals surface area contributed by atoms with Crippen molar-refractivity contribution in [2.75, 3.05) is 13.1 Å². The van der Waals surface area contributed by atoms with Crippen LogP contribution in [0.2, 0.25) is 0 Å². The molecule has 1 aromatic rings. The Bertz CT molecular complexity index is 977. The van der Waals surface area contributed by atoms with E-state index in [2.05, 4.69) is 16.7 Å². The number of rotatable bonds is 6. The molecule has 3 aliphatic heterocycles. The average molecular weight is 456 g/mol. The van der Waals surface area contributed by atoms with Gasteiger partial charge in [-0.05, 0) is 55.4 Å². The van der Waals surface area contributed by atoms with Crippen LogP contribution in [0, 0.1) is 5.92 Å². The zero-order chi connectivity index (χ0) is 23.1. The van der Waals surface area contributed by atoms with Gasteiger partial charge in [-0.2, -0.15) is 0 Å². The topological polar surface area (TPSA) is 96.5 Å². The second-order valence-electron chi connectivity index (χ2n) is 9.65. The molecule has 0 N–H and O–H groups in total. The van der Waals surface area contributed by atoms with Gasteiger partial charge in [-0.25, -0.2) is 0 Å². The molecule has 3 amide bonds. The minimum Gasteiger partial charge on any atom is -0.489 e. The van der Waals surface area contributed by atoms with Gasteiger partial charge in [0.05, 0.1) is 0 Å². The van der Waals surface area contributed by atoms with Crippen LogP contribution >= 0.6 is 0 Å². The zero-order valence-electron chi connectivity index (χ0n) is 18.8. The predicted octanol–water partition coefficient (Wildman–Crippen LogP) is 1.89. The number of imide groups is 1. The van der Waals surface area contributed by atoms with Gasteiger partial charge in [-0.3, -0.25) is 24.1 Å². The minimum atomic E-state index is -0.845. The standard InChI is InChI=1S/C24H29N3O6/c1-15-9-19(13-25(11-15)17-3-2-4-17)33-18-5-6-20-16(10-18)12-26(23(20)30)21-7-8-22(29)27(24(21)31)32-14-28/h5-6,10,14-15,17,19,21H,2-4,7-9,11-13H2,1H3/t15-,19-,21?/m1/s1. The van der Waals surface area contributed by atoms with Gasteiger partial charge in [-0.1, -0.05) is 13.3 Å². The summed E-state index contributed by atoms with van der Waals surface area (Å²) >= 11 is 0. The van der Waals surface area contributed by atoms with Gasteiger partial charge < -0.3 is 14.5 Å². The van der Waals surface area contributed by atoms with Crippen LogP contribution in [0.5, 0.6) is 5.75 Å². The number of carbonyl (C=O) groups excluding carboxylic acids is 4. The van der Waals surface area contributed by atoms with Gasteiger partial charge in [-0.15, -0.1) is 5.06 Å². The van der Waals surface area contributed by atoms with Crippen molar-refractivity contribution in [3.8, 4) is 5.75 Å². The number of hydroxylamine groups is 2. The van der Waals surface area contributed by atoms with E-state index in [4.69, 9.17) is 4.74 Å². The van der Waals surface area contributed by atoms with E-state index in [9.17, 15) is 19.2 Å². The van der Waals surface area contributed by atoms with Crippen molar-refractivity contribution >= 4 is 24.2 Å². The Morgan fingerprint density at radius 1 is 1.09 bits per heavy atom. The van der Waals surface area contributed by atoms with Crippen molar-refractivity contribution in [1.29, 1.82) is 0 Å². The smallest absolute Gasteiger partial charge is 0.321 e. The summed E-state index contributed by atoms with van der Waals surface area (Å²) in [7, 11) is 0. The van der Waals surface area contributed by atoms with Gasteiger partial charge in [0.1, 0.15) is 17.9 Å². The molecule has 0 radical (unpaired) electrons. The minimum absolute atomic E-state index is 0.0239. The zero-order valence-corrected chi connectivity index (χ0v) is 18.8. The molecule has 1 unspecified atom stereocenters. The molecule has 1 aliphatic carbocycles. The maximum absolute atomic E-state index is 13.0. The van der Waals surface area contributed by atoms with E-state index in [1.807, 2.05) is 12.1 Å². The number of carbonyl (C=O) groups is 4. The first-order valence-corrected chi connectivity index (χ1v) is 11.8. The third kappa shape index (κ3) is 4.10. The Morgan fingerprint density at radius 2 is 1.91 bits per heavy atom. The molecule has 1 aromatic carbocycles. The van der Waals surface area contributed by atoms with Crippen LogP contribution < -0.4 is 4.74 Å². The summed E-state index contributed by atoms with van der Waals surface area (Å²) in [5.74, 6) is -0.235. The third-order valence-electron chi connectivity index (χ3n) is 7.32. The Kier molecular flexibility index (Phi) is 5.82. The first-order valence-electron chi connectivity index (χ1n) is 11.8. The molecule has 0 spiro atoms. The molecule has 9 nitrogen and oxygen atoms in total. The molecular weight excluding hydrogens is 426 g/mol. The Balaban J connectivity index is 1.28. The third-order valence-corrected chi connectivity index (χ3v) is 7.32. The first kappa shape index (κ1) is 21.9. The fourth-order valence-electron chi connectivity index (χ4n) is 5.49. The molecule has 33 heavy (non-hydrogen) atoms. The summed E-state index contributed by atoms with van der Waals surface area (Å²) < 4.78 is 6.35. The number of benzene rings is 1. The van der Waals surface area contributed by atoms with E-state index in [1.165, 1.54) is 24.2 Å². The summed E-state index contributed by atoms with van der Waals surface area (Å²) in [6, 6.07) is 5.30. The molecule has 3 heterocycles. The number of ether oxygens (including phenoxy) is 1. The number of fused-ring (bicyclic) bond motifs is 1. The number of nitrogens with zero attached hydrogens (tertiary/aromatic N) is 3. The van der Waals surface area contributed by atoms with Crippen molar-refractivity contribution in [3.63, 3.8) is 0 Å². The number of hydrogen-bond acceptors (Lipinski definition) is 7. The highest BCUT2D eigenvalue weighted by atomic mass is 16.7. The van der Waals surface area contributed by atoms with Gasteiger partial charge in [0.2, 0.25) is 0 Å². The Hall–Kier alpha value is -2.94. The maximum Gasteiger partial charge on any atom is 0.321 e. The lowest BCUT2D eigenvalue weighted by Gasteiger charge is -2.44. The van der Waals surface area contributed by atoms with Crippen LogP contribution in [-0.4, -0.2) is 70.3 Å². The predicted molar refractivity (Wildman–Crippen MR) is 116 cm³/mol. The highest BCUT2D eigenvalue weighted by Crippen LogP contribution is 2.34. The largest absolute Gasteiger partial charge is 0.489 e. The second kappa shape index (κ2) is 8.78. The molecular formula is C24H29N3O6. The molecule has 4 aliphatic rings. The number of piperidine rings is 2. The Morgan fingerprint density at radius 3 is 2.64 bits per heavy atom. The van der Waals surface area contributed by atoms with Crippen molar-refractivity contribution in [2.24, 2.45) is 5.92 Å². The summed E-state index contributed by atoms with van der Waals surface area (Å²) in [5, 5.41) is 0.462. The molecule has 1 saturated carbocycles. The van der Waals surface area contributed by atoms with E-state index in [0.717, 1.165) is 30.8 Å². The van der Waals surface area contributed by atoms with E-state index in [0.29, 0.717) is 22.6 Å². The fraction of sp³-hybridized carbons (Fsp3) is 0.583. The van der Waals surface area contributed by atoms with Crippen molar-refractivity contribution < 1.29 is 28.8 Å². The summed E-state index contributed by atoms with van der Waals surface area (Å²) in [6.07, 6.45) is 5.21. The van der Waals surface area contributed by atoms with Crippen LogP contribution in [0.25, 0.3) is 0 Å². The van der Waals surface area contributed by atoms with Gasteiger partial charge in [0.25, 0.3) is 17.7 Å². The van der Waals surface area contributed by atoms with Gasteiger partial charge in [0.15, 0.2) is 0 Å². The molecule has 3 fully saturated rings. The van der Waals surface area contributed by atoms with Crippen molar-refractivity contribution in [3.05, 3.63) is 29.3 Å². The van der Waals surface area contributed by atoms with E-state index in [1.54, 1.807) is 6.07 Å². The molecule has 0 bridgehead atoms. The lowest BCUT2D eigenvalue weighted by molar-refractivity contribution is -0.200. The van der Waals surface area contributed by atoms with E-state index >= 15 is 0 Å². The highest BCUT2D eigenvalue weighted by molar-refractivity contribution is 6.05. The lowest BCUT2D eigenvalue weighted by Crippen LogP contribution is -2.54. The summed E-state index contributed by atoms with van der Waals surface area (Å²) in [6.45, 7) is 4.61. The fourth-order valence-corrected chi connectivity index (χ4v) is 5.49. The van der Waals surface area contributed by atoms with Crippen LogP contribution in [0.3, 0.4) is 0 Å². The summed E-state index contributed by atoms with van der Waals surface area (Å²) in [4.78, 5) is 56.8. The van der Waals surface area contributed by atoms with Crippen molar-refractivity contribution in [1.82, 2.24) is 14.9 Å². The van der Waals surface area contributed by atoms with Crippen LogP contribution in [0.4, 0.5) is 0 Å². The molecule has 3 atom stereocenters. The molecule has 5 rings (SSSR count). The Labute approximate surface area is 192 Å². The number of amides is 3. The average Bonchev–Trinajstić information content (AvgIpc) is 3.05. The summed E-state index contributed by atoms with van der Waals surface area (Å²) in [5.41, 5.74) is 1.33. The van der Waals surface area contributed by atoms with Crippen molar-refractivity contribution in [2.45, 2.75) is 70.2 Å². The quantitative estimate of drug-likeness (QED) is 0.477. The van der Waals surface area contributed by atoms with E-state index in [-0.39, 0.29) is 37.9 Å². The SMILES string of the molecule is C[C@@H]1C[C@@H](Oc2ccc3c(c2)CN(C2CCC(=O)N(OC=O)C2=O)C3=O)CN(C2CCC2)C1. The van der Waals surface area contributed by atoms with E-state index < -0.39 is 17.9 Å². The second-order valence-corrected chi connectivity index (χ2v) is 9.65. The monoisotopic (exact) mass is 455 g/mol. The molecule has 176 valence electrons. The number of hydrogen-bond donors (Lipinski definition) is 0. The van der Waals surface area contributed by atoms with Crippen LogP contribution in [0.1, 0.15) is 61.4 Å². The first-order chi connectivity index (χ1) is 15.9. The molecule has 2 saturated heterocycles. The van der Waals surface area contributed by atoms with Gasteiger partial charge in [0, 0.05) is 37.7 Å². The normalized spacial score (nSPS) is 28.5. The van der Waals surface area contributed by atoms with Crippen LogP contribution in [-0.2, 0) is 25.8 Å². The van der Waals surface area contributed by atoms with Crippen LogP contribution in [0.15, 0.2) is 18.2 Å². The highest BCUT2D eigenvalue weighted by Gasteiger charge is 2.44. The van der Waals surface area contributed by atoms with Gasteiger partial charge >= 0.3 is 6.47 Å². The maximum atomic E-state index is 13.0. The molecule has 9 heteroatoms. The number of likely N-dealkylation sites (tertiary alicyclic amines) is 1. The molecule has 0 aromatic heterocycles. The lowest BCUT2D eigenvalue weighted by atomic mass is 9.87.